The lowest BCUT2D eigenvalue weighted by molar-refractivity contribution is 0.310. The molecular formula is C16H27N3O. The summed E-state index contributed by atoms with van der Waals surface area (Å²) < 4.78 is 5.51. The van der Waals surface area contributed by atoms with Crippen LogP contribution in [0.1, 0.15) is 75.4 Å². The third-order valence-electron chi connectivity index (χ3n) is 4.88. The highest BCUT2D eigenvalue weighted by Gasteiger charge is 2.21. The van der Waals surface area contributed by atoms with Crippen molar-refractivity contribution in [3.8, 4) is 0 Å². The van der Waals surface area contributed by atoms with E-state index in [1.54, 1.807) is 0 Å². The molecule has 0 amide bonds. The van der Waals surface area contributed by atoms with Crippen molar-refractivity contribution in [1.29, 1.82) is 0 Å². The van der Waals surface area contributed by atoms with Gasteiger partial charge >= 0.3 is 0 Å². The highest BCUT2D eigenvalue weighted by atomic mass is 16.5. The molecule has 0 spiro atoms. The number of nitrogens with one attached hydrogen (secondary N) is 1. The Balaban J connectivity index is 1.57. The Kier molecular flexibility index (Phi) is 5.06. The first-order valence-electron chi connectivity index (χ1n) is 8.45. The Morgan fingerprint density at radius 1 is 0.950 bits per heavy atom. The average molecular weight is 277 g/mol. The third-order valence-corrected chi connectivity index (χ3v) is 4.88. The van der Waals surface area contributed by atoms with Crippen molar-refractivity contribution in [1.82, 2.24) is 15.5 Å². The zero-order valence-corrected chi connectivity index (χ0v) is 12.4. The van der Waals surface area contributed by atoms with E-state index >= 15 is 0 Å². The Morgan fingerprint density at radius 3 is 2.40 bits per heavy atom. The van der Waals surface area contributed by atoms with Crippen LogP contribution < -0.4 is 5.32 Å². The molecule has 1 saturated carbocycles. The maximum absolute atomic E-state index is 5.51. The first-order valence-corrected chi connectivity index (χ1v) is 8.45. The minimum Gasteiger partial charge on any atom is -0.339 e. The molecule has 3 rings (SSSR count). The molecule has 2 heterocycles. The maximum Gasteiger partial charge on any atom is 0.226 e. The van der Waals surface area contributed by atoms with Crippen molar-refractivity contribution < 1.29 is 4.52 Å². The van der Waals surface area contributed by atoms with Crippen LogP contribution in [0, 0.1) is 5.92 Å². The second kappa shape index (κ2) is 7.21. The Bertz CT molecular complexity index is 390. The molecule has 4 nitrogen and oxygen atoms in total. The molecule has 1 saturated heterocycles. The molecule has 0 radical (unpaired) electrons. The van der Waals surface area contributed by atoms with Gasteiger partial charge in [0.15, 0.2) is 5.82 Å². The fourth-order valence-corrected chi connectivity index (χ4v) is 3.56. The Labute approximate surface area is 121 Å². The number of aromatic nitrogens is 2. The van der Waals surface area contributed by atoms with Gasteiger partial charge < -0.3 is 9.84 Å². The van der Waals surface area contributed by atoms with Gasteiger partial charge in [-0.15, -0.1) is 0 Å². The van der Waals surface area contributed by atoms with E-state index in [-0.39, 0.29) is 0 Å². The quantitative estimate of drug-likeness (QED) is 0.919. The van der Waals surface area contributed by atoms with Crippen LogP contribution in [0.2, 0.25) is 0 Å². The van der Waals surface area contributed by atoms with E-state index in [0.29, 0.717) is 5.92 Å². The van der Waals surface area contributed by atoms with Gasteiger partial charge in [0.05, 0.1) is 0 Å². The van der Waals surface area contributed by atoms with Gasteiger partial charge in [0.25, 0.3) is 0 Å². The molecule has 1 aromatic rings. The van der Waals surface area contributed by atoms with E-state index in [2.05, 4.69) is 10.5 Å². The average Bonchev–Trinajstić information content (AvgIpc) is 2.88. The molecule has 1 aromatic heterocycles. The first kappa shape index (κ1) is 14.1. The highest BCUT2D eigenvalue weighted by molar-refractivity contribution is 4.97. The molecule has 1 aliphatic carbocycles. The van der Waals surface area contributed by atoms with Crippen LogP contribution >= 0.6 is 0 Å². The zero-order chi connectivity index (χ0) is 13.6. The number of nitrogens with zero attached hydrogens (tertiary/aromatic N) is 2. The van der Waals surface area contributed by atoms with Crippen molar-refractivity contribution >= 4 is 0 Å². The predicted molar refractivity (Wildman–Crippen MR) is 78.7 cm³/mol. The molecule has 1 aliphatic heterocycles. The van der Waals surface area contributed by atoms with Crippen molar-refractivity contribution in [2.45, 2.75) is 70.1 Å². The summed E-state index contributed by atoms with van der Waals surface area (Å²) in [6.45, 7) is 2.27. The predicted octanol–water partition coefficient (Wildman–Crippen LogP) is 3.44. The van der Waals surface area contributed by atoms with Crippen LogP contribution in [0.25, 0.3) is 0 Å². The SMILES string of the molecule is C1CCCC(c2noc(CC3CCNCC3)n2)CCC1. The van der Waals surface area contributed by atoms with Crippen LogP contribution in [0.15, 0.2) is 4.52 Å². The molecule has 1 N–H and O–H groups in total. The van der Waals surface area contributed by atoms with Gasteiger partial charge in [0, 0.05) is 12.3 Å². The van der Waals surface area contributed by atoms with E-state index < -0.39 is 0 Å². The van der Waals surface area contributed by atoms with Crippen LogP contribution in [-0.2, 0) is 6.42 Å². The largest absolute Gasteiger partial charge is 0.339 e. The van der Waals surface area contributed by atoms with E-state index in [1.165, 1.54) is 57.8 Å². The second-order valence-corrected chi connectivity index (χ2v) is 6.49. The number of hydrogen-bond acceptors (Lipinski definition) is 4. The van der Waals surface area contributed by atoms with Gasteiger partial charge in [0.2, 0.25) is 5.89 Å². The fraction of sp³-hybridized carbons (Fsp3) is 0.875. The first-order chi connectivity index (χ1) is 9.92. The second-order valence-electron chi connectivity index (χ2n) is 6.49. The zero-order valence-electron chi connectivity index (χ0n) is 12.4. The lowest BCUT2D eigenvalue weighted by Crippen LogP contribution is -2.28. The Hall–Kier alpha value is -0.900. The van der Waals surface area contributed by atoms with Gasteiger partial charge in [-0.3, -0.25) is 0 Å². The van der Waals surface area contributed by atoms with Gasteiger partial charge in [0.1, 0.15) is 0 Å². The molecule has 112 valence electrons. The lowest BCUT2D eigenvalue weighted by atomic mass is 9.90. The van der Waals surface area contributed by atoms with Crippen molar-refractivity contribution in [3.63, 3.8) is 0 Å². The van der Waals surface area contributed by atoms with Gasteiger partial charge in [-0.25, -0.2) is 0 Å². The lowest BCUT2D eigenvalue weighted by Gasteiger charge is -2.20. The minimum absolute atomic E-state index is 0.542. The molecule has 0 unspecified atom stereocenters. The summed E-state index contributed by atoms with van der Waals surface area (Å²) in [6, 6.07) is 0. The molecule has 2 aliphatic rings. The minimum atomic E-state index is 0.542. The summed E-state index contributed by atoms with van der Waals surface area (Å²) in [5.74, 6) is 3.12. The topological polar surface area (TPSA) is 51.0 Å². The number of rotatable bonds is 3. The summed E-state index contributed by atoms with van der Waals surface area (Å²) in [7, 11) is 0. The van der Waals surface area contributed by atoms with Crippen molar-refractivity contribution in [2.24, 2.45) is 5.92 Å². The molecule has 20 heavy (non-hydrogen) atoms. The van der Waals surface area contributed by atoms with Gasteiger partial charge in [-0.05, 0) is 44.7 Å². The fourth-order valence-electron chi connectivity index (χ4n) is 3.56. The van der Waals surface area contributed by atoms with Crippen molar-refractivity contribution in [3.05, 3.63) is 11.7 Å². The van der Waals surface area contributed by atoms with Gasteiger partial charge in [-0.2, -0.15) is 4.98 Å². The van der Waals surface area contributed by atoms with E-state index in [1.807, 2.05) is 0 Å². The summed E-state index contributed by atoms with van der Waals surface area (Å²) in [6.07, 6.45) is 12.7. The van der Waals surface area contributed by atoms with Crippen LogP contribution in [-0.4, -0.2) is 23.2 Å². The van der Waals surface area contributed by atoms with E-state index in [4.69, 9.17) is 9.51 Å². The molecular weight excluding hydrogens is 250 g/mol. The van der Waals surface area contributed by atoms with Crippen LogP contribution in [0.3, 0.4) is 0 Å². The van der Waals surface area contributed by atoms with Crippen LogP contribution in [0.5, 0.6) is 0 Å². The highest BCUT2D eigenvalue weighted by Crippen LogP contribution is 2.29. The molecule has 0 atom stereocenters. The van der Waals surface area contributed by atoms with Crippen molar-refractivity contribution in [2.75, 3.05) is 13.1 Å². The smallest absolute Gasteiger partial charge is 0.226 e. The summed E-state index contributed by atoms with van der Waals surface area (Å²) in [5, 5.41) is 7.68. The third kappa shape index (κ3) is 3.81. The standard InChI is InChI=1S/C16H27N3O/c1-2-4-6-14(7-5-3-1)16-18-15(20-19-16)12-13-8-10-17-11-9-13/h13-14,17H,1-12H2. The number of hydrogen-bond donors (Lipinski definition) is 1. The van der Waals surface area contributed by atoms with Gasteiger partial charge in [-0.1, -0.05) is 37.3 Å². The van der Waals surface area contributed by atoms with Crippen LogP contribution in [0.4, 0.5) is 0 Å². The maximum atomic E-state index is 5.51. The monoisotopic (exact) mass is 277 g/mol. The molecule has 0 bridgehead atoms. The summed E-state index contributed by atoms with van der Waals surface area (Å²) in [4.78, 5) is 4.70. The normalized spacial score (nSPS) is 23.4. The number of piperidine rings is 1. The summed E-state index contributed by atoms with van der Waals surface area (Å²) in [5.41, 5.74) is 0. The molecule has 0 aromatic carbocycles. The van der Waals surface area contributed by atoms with E-state index in [9.17, 15) is 0 Å². The molecule has 4 heteroatoms. The molecule has 2 fully saturated rings. The van der Waals surface area contributed by atoms with E-state index in [0.717, 1.165) is 37.1 Å². The summed E-state index contributed by atoms with van der Waals surface area (Å²) >= 11 is 0. The Morgan fingerprint density at radius 2 is 1.65 bits per heavy atom.